The van der Waals surface area contributed by atoms with Gasteiger partial charge >= 0.3 is 0 Å². The van der Waals surface area contributed by atoms with Gasteiger partial charge in [-0.15, -0.1) is 0 Å². The highest BCUT2D eigenvalue weighted by atomic mass is 16.2. The molecule has 0 aliphatic heterocycles. The molecule has 1 aliphatic rings. The summed E-state index contributed by atoms with van der Waals surface area (Å²) in [5.41, 5.74) is 5.59. The number of amides is 1. The molecule has 0 atom stereocenters. The first-order valence-corrected chi connectivity index (χ1v) is 6.84. The Balaban J connectivity index is 2.46. The first kappa shape index (κ1) is 15.4. The van der Waals surface area contributed by atoms with E-state index in [1.165, 1.54) is 0 Å². The lowest BCUT2D eigenvalue weighted by molar-refractivity contribution is -0.138. The molecule has 0 aromatic heterocycles. The normalized spacial score (nSPS) is 28.1. The Morgan fingerprint density at radius 2 is 2.00 bits per heavy atom. The number of rotatable bonds is 6. The van der Waals surface area contributed by atoms with Crippen LogP contribution in [-0.2, 0) is 4.79 Å². The van der Waals surface area contributed by atoms with E-state index in [0.717, 1.165) is 19.4 Å². The average molecular weight is 255 g/mol. The van der Waals surface area contributed by atoms with Gasteiger partial charge in [-0.3, -0.25) is 4.79 Å². The molecule has 1 rings (SSSR count). The van der Waals surface area contributed by atoms with Gasteiger partial charge in [0.15, 0.2) is 0 Å². The molecule has 1 saturated carbocycles. The lowest BCUT2D eigenvalue weighted by atomic mass is 9.62. The van der Waals surface area contributed by atoms with E-state index in [1.807, 2.05) is 0 Å². The monoisotopic (exact) mass is 255 g/mol. The number of carbonyl (C=O) groups excluding carboxylic acids is 1. The molecule has 0 bridgehead atoms. The van der Waals surface area contributed by atoms with Crippen molar-refractivity contribution in [1.82, 2.24) is 10.2 Å². The summed E-state index contributed by atoms with van der Waals surface area (Å²) in [6, 6.07) is 0. The lowest BCUT2D eigenvalue weighted by Crippen LogP contribution is -2.55. The summed E-state index contributed by atoms with van der Waals surface area (Å²) in [7, 11) is 4.11. The zero-order valence-corrected chi connectivity index (χ0v) is 12.5. The fraction of sp³-hybridized carbons (Fsp3) is 0.929. The molecule has 4 nitrogen and oxygen atoms in total. The second kappa shape index (κ2) is 5.57. The molecule has 0 spiro atoms. The van der Waals surface area contributed by atoms with Crippen LogP contribution in [0.1, 0.15) is 33.6 Å². The van der Waals surface area contributed by atoms with Crippen LogP contribution in [0.4, 0.5) is 0 Å². The second-order valence-corrected chi connectivity index (χ2v) is 7.08. The molecule has 0 saturated heterocycles. The molecule has 3 N–H and O–H groups in total. The van der Waals surface area contributed by atoms with E-state index in [-0.39, 0.29) is 16.7 Å². The highest BCUT2D eigenvalue weighted by Gasteiger charge is 2.47. The Morgan fingerprint density at radius 3 is 2.39 bits per heavy atom. The zero-order chi connectivity index (χ0) is 14.0. The predicted molar refractivity (Wildman–Crippen MR) is 75.2 cm³/mol. The van der Waals surface area contributed by atoms with Crippen molar-refractivity contribution in [3.63, 3.8) is 0 Å². The summed E-state index contributed by atoms with van der Waals surface area (Å²) < 4.78 is 0. The number of nitrogens with zero attached hydrogens (tertiary/aromatic N) is 1. The molecule has 1 aliphatic carbocycles. The fourth-order valence-corrected chi connectivity index (χ4v) is 3.14. The third-order valence-electron chi connectivity index (χ3n) is 3.82. The number of carbonyl (C=O) groups is 1. The van der Waals surface area contributed by atoms with Crippen LogP contribution in [-0.4, -0.2) is 44.5 Å². The van der Waals surface area contributed by atoms with Crippen LogP contribution in [0.5, 0.6) is 0 Å². The van der Waals surface area contributed by atoms with E-state index in [4.69, 9.17) is 5.73 Å². The third-order valence-corrected chi connectivity index (χ3v) is 3.82. The van der Waals surface area contributed by atoms with Gasteiger partial charge in [-0.1, -0.05) is 20.8 Å². The van der Waals surface area contributed by atoms with Crippen molar-refractivity contribution >= 4 is 5.91 Å². The van der Waals surface area contributed by atoms with Crippen LogP contribution >= 0.6 is 0 Å². The Hall–Kier alpha value is -0.610. The Bertz CT molecular complexity index is 293. The Kier molecular flexibility index (Phi) is 4.78. The summed E-state index contributed by atoms with van der Waals surface area (Å²) >= 11 is 0. The highest BCUT2D eigenvalue weighted by Crippen LogP contribution is 2.44. The molecule has 0 aromatic rings. The maximum atomic E-state index is 12.3. The van der Waals surface area contributed by atoms with Gasteiger partial charge in [0.2, 0.25) is 5.91 Å². The molecule has 0 unspecified atom stereocenters. The van der Waals surface area contributed by atoms with Crippen molar-refractivity contribution in [2.45, 2.75) is 33.6 Å². The number of nitrogens with one attached hydrogen (secondary N) is 1. The zero-order valence-electron chi connectivity index (χ0n) is 12.5. The van der Waals surface area contributed by atoms with Crippen LogP contribution in [0, 0.1) is 16.7 Å². The maximum absolute atomic E-state index is 12.3. The van der Waals surface area contributed by atoms with Gasteiger partial charge in [0.05, 0.1) is 5.41 Å². The highest BCUT2D eigenvalue weighted by molar-refractivity contribution is 5.84. The molecule has 0 heterocycles. The third kappa shape index (κ3) is 3.69. The van der Waals surface area contributed by atoms with E-state index < -0.39 is 0 Å². The van der Waals surface area contributed by atoms with Crippen LogP contribution < -0.4 is 11.1 Å². The molecule has 0 aromatic carbocycles. The molecule has 1 amide bonds. The molecule has 18 heavy (non-hydrogen) atoms. The minimum atomic E-state index is -0.284. The quantitative estimate of drug-likeness (QED) is 0.746. The second-order valence-electron chi connectivity index (χ2n) is 7.08. The summed E-state index contributed by atoms with van der Waals surface area (Å²) in [5, 5.41) is 3.10. The summed E-state index contributed by atoms with van der Waals surface area (Å²) in [4.78, 5) is 14.4. The summed E-state index contributed by atoms with van der Waals surface area (Å²) in [5.74, 6) is 0.781. The van der Waals surface area contributed by atoms with Gasteiger partial charge in [-0.2, -0.15) is 0 Å². The fourth-order valence-electron chi connectivity index (χ4n) is 3.14. The van der Waals surface area contributed by atoms with Crippen LogP contribution in [0.15, 0.2) is 0 Å². The Labute approximate surface area is 111 Å². The standard InChI is InChI=1S/C14H29N3O/c1-11-6-14(7-11,8-15)12(18)16-9-13(2,3)10-17(4)5/h11H,6-10,15H2,1-5H3,(H,16,18). The molecule has 106 valence electrons. The van der Waals surface area contributed by atoms with Crippen molar-refractivity contribution < 1.29 is 4.79 Å². The largest absolute Gasteiger partial charge is 0.355 e. The van der Waals surface area contributed by atoms with Crippen molar-refractivity contribution in [1.29, 1.82) is 0 Å². The summed E-state index contributed by atoms with van der Waals surface area (Å²) in [6.45, 7) is 8.66. The minimum absolute atomic E-state index is 0.0876. The number of nitrogens with two attached hydrogens (primary N) is 1. The van der Waals surface area contributed by atoms with Crippen LogP contribution in [0.2, 0.25) is 0 Å². The topological polar surface area (TPSA) is 58.4 Å². The van der Waals surface area contributed by atoms with Crippen molar-refractivity contribution in [3.05, 3.63) is 0 Å². The predicted octanol–water partition coefficient (Wildman–Crippen LogP) is 1.07. The van der Waals surface area contributed by atoms with Gasteiger partial charge in [0, 0.05) is 19.6 Å². The van der Waals surface area contributed by atoms with E-state index in [2.05, 4.69) is 45.1 Å². The molecular formula is C14H29N3O. The molecule has 1 fully saturated rings. The van der Waals surface area contributed by atoms with Gasteiger partial charge in [0.1, 0.15) is 0 Å². The number of hydrogen-bond acceptors (Lipinski definition) is 3. The van der Waals surface area contributed by atoms with E-state index in [0.29, 0.717) is 19.0 Å². The lowest BCUT2D eigenvalue weighted by Gasteiger charge is -2.44. The molecule has 4 heteroatoms. The smallest absolute Gasteiger partial charge is 0.227 e. The summed E-state index contributed by atoms with van der Waals surface area (Å²) in [6.07, 6.45) is 1.87. The van der Waals surface area contributed by atoms with Gasteiger partial charge in [-0.05, 0) is 38.3 Å². The van der Waals surface area contributed by atoms with Crippen molar-refractivity contribution in [2.24, 2.45) is 22.5 Å². The number of hydrogen-bond donors (Lipinski definition) is 2. The first-order chi connectivity index (χ1) is 8.21. The average Bonchev–Trinajstić information content (AvgIpc) is 2.19. The maximum Gasteiger partial charge on any atom is 0.227 e. The van der Waals surface area contributed by atoms with Gasteiger partial charge in [-0.25, -0.2) is 0 Å². The van der Waals surface area contributed by atoms with Crippen LogP contribution in [0.3, 0.4) is 0 Å². The van der Waals surface area contributed by atoms with E-state index in [9.17, 15) is 4.79 Å². The molecular weight excluding hydrogens is 226 g/mol. The van der Waals surface area contributed by atoms with Crippen molar-refractivity contribution in [3.8, 4) is 0 Å². The van der Waals surface area contributed by atoms with Gasteiger partial charge < -0.3 is 16.0 Å². The minimum Gasteiger partial charge on any atom is -0.355 e. The van der Waals surface area contributed by atoms with E-state index in [1.54, 1.807) is 0 Å². The first-order valence-electron chi connectivity index (χ1n) is 6.84. The van der Waals surface area contributed by atoms with Crippen molar-refractivity contribution in [2.75, 3.05) is 33.7 Å². The van der Waals surface area contributed by atoms with Crippen LogP contribution in [0.25, 0.3) is 0 Å². The SMILES string of the molecule is CC1CC(CN)(C(=O)NCC(C)(C)CN(C)C)C1. The van der Waals surface area contributed by atoms with Gasteiger partial charge in [0.25, 0.3) is 0 Å². The van der Waals surface area contributed by atoms with E-state index >= 15 is 0 Å². The Morgan fingerprint density at radius 1 is 1.44 bits per heavy atom. The molecule has 0 radical (unpaired) electrons.